The van der Waals surface area contributed by atoms with Gasteiger partial charge in [-0.3, -0.25) is 4.79 Å². The van der Waals surface area contributed by atoms with Crippen LogP contribution in [0.3, 0.4) is 0 Å². The highest BCUT2D eigenvalue weighted by atomic mass is 35.5. The monoisotopic (exact) mass is 478 g/mol. The summed E-state index contributed by atoms with van der Waals surface area (Å²) in [6.07, 6.45) is 1.66. The molecule has 0 bridgehead atoms. The van der Waals surface area contributed by atoms with Gasteiger partial charge in [-0.1, -0.05) is 60.1 Å². The number of benzene rings is 3. The summed E-state index contributed by atoms with van der Waals surface area (Å²) in [6, 6.07) is 25.0. The van der Waals surface area contributed by atoms with E-state index in [1.807, 2.05) is 83.8 Å². The highest BCUT2D eigenvalue weighted by Crippen LogP contribution is 2.36. The van der Waals surface area contributed by atoms with Crippen molar-refractivity contribution in [3.05, 3.63) is 95.0 Å². The summed E-state index contributed by atoms with van der Waals surface area (Å²) in [5.41, 5.74) is 1.92. The van der Waals surface area contributed by atoms with Crippen LogP contribution in [0.4, 0.5) is 0 Å². The average Bonchev–Trinajstić information content (AvgIpc) is 2.90. The molecule has 0 saturated carbocycles. The fraction of sp³-hybridized carbons (Fsp3) is 0.321. The van der Waals surface area contributed by atoms with Crippen LogP contribution in [0, 0.1) is 5.92 Å². The maximum atomic E-state index is 14.0. The third kappa shape index (κ3) is 5.91. The first-order chi connectivity index (χ1) is 16.7. The second-order valence-electron chi connectivity index (χ2n) is 8.41. The van der Waals surface area contributed by atoms with Crippen LogP contribution in [-0.2, 0) is 4.79 Å². The predicted molar refractivity (Wildman–Crippen MR) is 136 cm³/mol. The van der Waals surface area contributed by atoms with E-state index in [-0.39, 0.29) is 17.9 Å². The minimum Gasteiger partial charge on any atom is -0.496 e. The second kappa shape index (κ2) is 11.9. The minimum absolute atomic E-state index is 0.0255. The fourth-order valence-electron chi connectivity index (χ4n) is 4.51. The number of rotatable bonds is 9. The van der Waals surface area contributed by atoms with E-state index in [4.69, 9.17) is 21.1 Å². The zero-order valence-corrected chi connectivity index (χ0v) is 20.2. The maximum Gasteiger partial charge on any atom is 0.226 e. The summed E-state index contributed by atoms with van der Waals surface area (Å²) in [7, 11) is 1.66. The molecule has 34 heavy (non-hydrogen) atoms. The number of carbonyl (C=O) groups excluding carboxylic acids is 1. The molecule has 3 aromatic carbocycles. The van der Waals surface area contributed by atoms with Gasteiger partial charge in [0.15, 0.2) is 0 Å². The molecule has 1 aliphatic rings. The van der Waals surface area contributed by atoms with Gasteiger partial charge >= 0.3 is 0 Å². The van der Waals surface area contributed by atoms with Crippen molar-refractivity contribution in [1.82, 2.24) is 10.2 Å². The fourth-order valence-corrected chi connectivity index (χ4v) is 4.64. The summed E-state index contributed by atoms with van der Waals surface area (Å²) in [5, 5.41) is 4.02. The van der Waals surface area contributed by atoms with Gasteiger partial charge in [0.25, 0.3) is 0 Å². The summed E-state index contributed by atoms with van der Waals surface area (Å²) in [5.74, 6) is 1.65. The quantitative estimate of drug-likeness (QED) is 0.450. The molecule has 1 saturated heterocycles. The number of halogens is 1. The van der Waals surface area contributed by atoms with Crippen molar-refractivity contribution in [3.63, 3.8) is 0 Å². The molecule has 1 atom stereocenters. The third-order valence-corrected chi connectivity index (χ3v) is 6.50. The van der Waals surface area contributed by atoms with E-state index in [0.717, 1.165) is 48.6 Å². The van der Waals surface area contributed by atoms with Gasteiger partial charge in [-0.15, -0.1) is 0 Å². The number of amides is 1. The van der Waals surface area contributed by atoms with E-state index in [1.54, 1.807) is 7.11 Å². The molecule has 0 unspecified atom stereocenters. The SMILES string of the molecule is COc1ccccc1[C@@H](c1ccc(Cl)cc1)N(CCOc1ccccc1)C(=O)C1CCNCC1. The summed E-state index contributed by atoms with van der Waals surface area (Å²) in [4.78, 5) is 15.9. The Bertz CT molecular complexity index is 1050. The topological polar surface area (TPSA) is 50.8 Å². The lowest BCUT2D eigenvalue weighted by atomic mass is 9.91. The van der Waals surface area contributed by atoms with E-state index in [9.17, 15) is 4.79 Å². The predicted octanol–water partition coefficient (Wildman–Crippen LogP) is 5.35. The number of nitrogens with one attached hydrogen (secondary N) is 1. The van der Waals surface area contributed by atoms with Crippen molar-refractivity contribution in [1.29, 1.82) is 0 Å². The lowest BCUT2D eigenvalue weighted by Gasteiger charge is -2.36. The Labute approximate surface area is 206 Å². The van der Waals surface area contributed by atoms with Gasteiger partial charge in [-0.2, -0.15) is 0 Å². The maximum absolute atomic E-state index is 14.0. The van der Waals surface area contributed by atoms with Crippen LogP contribution in [0.15, 0.2) is 78.9 Å². The van der Waals surface area contributed by atoms with Crippen LogP contribution in [0.5, 0.6) is 11.5 Å². The molecule has 0 aliphatic carbocycles. The Kier molecular flexibility index (Phi) is 8.45. The van der Waals surface area contributed by atoms with Gasteiger partial charge in [0.1, 0.15) is 18.1 Å². The number of hydrogen-bond donors (Lipinski definition) is 1. The highest BCUT2D eigenvalue weighted by Gasteiger charge is 2.33. The third-order valence-electron chi connectivity index (χ3n) is 6.25. The molecular formula is C28H31ClN2O3. The molecule has 5 nitrogen and oxygen atoms in total. The number of ether oxygens (including phenoxy) is 2. The van der Waals surface area contributed by atoms with E-state index < -0.39 is 0 Å². The molecule has 6 heteroatoms. The average molecular weight is 479 g/mol. The lowest BCUT2D eigenvalue weighted by Crippen LogP contribution is -2.44. The van der Waals surface area contributed by atoms with Gasteiger partial charge in [0, 0.05) is 16.5 Å². The van der Waals surface area contributed by atoms with Crippen LogP contribution in [0.1, 0.15) is 30.0 Å². The van der Waals surface area contributed by atoms with Gasteiger partial charge in [0.2, 0.25) is 5.91 Å². The Hall–Kier alpha value is -3.02. The molecule has 0 aromatic heterocycles. The molecule has 0 radical (unpaired) electrons. The molecule has 1 heterocycles. The molecule has 1 aliphatic heterocycles. The van der Waals surface area contributed by atoms with Crippen molar-refractivity contribution in [2.24, 2.45) is 5.92 Å². The number of methoxy groups -OCH3 is 1. The van der Waals surface area contributed by atoms with Crippen LogP contribution < -0.4 is 14.8 Å². The Balaban J connectivity index is 1.71. The molecule has 3 aromatic rings. The van der Waals surface area contributed by atoms with Crippen molar-refractivity contribution < 1.29 is 14.3 Å². The first-order valence-corrected chi connectivity index (χ1v) is 12.1. The minimum atomic E-state index is -0.324. The number of piperidine rings is 1. The molecule has 1 fully saturated rings. The lowest BCUT2D eigenvalue weighted by molar-refractivity contribution is -0.138. The normalized spacial score (nSPS) is 14.9. The number of para-hydroxylation sites is 2. The number of carbonyl (C=O) groups is 1. The smallest absolute Gasteiger partial charge is 0.226 e. The van der Waals surface area contributed by atoms with Crippen LogP contribution >= 0.6 is 11.6 Å². The van der Waals surface area contributed by atoms with Gasteiger partial charge in [0.05, 0.1) is 19.7 Å². The van der Waals surface area contributed by atoms with Crippen LogP contribution in [-0.4, -0.2) is 44.2 Å². The molecule has 0 spiro atoms. The van der Waals surface area contributed by atoms with Crippen molar-refractivity contribution in [2.45, 2.75) is 18.9 Å². The first-order valence-electron chi connectivity index (χ1n) is 11.7. The summed E-state index contributed by atoms with van der Waals surface area (Å²) >= 11 is 6.20. The largest absolute Gasteiger partial charge is 0.496 e. The van der Waals surface area contributed by atoms with Crippen LogP contribution in [0.2, 0.25) is 5.02 Å². The zero-order valence-electron chi connectivity index (χ0n) is 19.5. The standard InChI is InChI=1S/C28H31ClN2O3/c1-33-26-10-6-5-9-25(26)27(21-11-13-23(29)14-12-21)31(28(32)22-15-17-30-18-16-22)19-20-34-24-7-3-2-4-8-24/h2-14,22,27,30H,15-20H2,1H3/t27-/m1/s1. The van der Waals surface area contributed by atoms with Crippen molar-refractivity contribution >= 4 is 17.5 Å². The molecule has 178 valence electrons. The van der Waals surface area contributed by atoms with E-state index in [2.05, 4.69) is 5.32 Å². The first kappa shape index (κ1) is 24.1. The highest BCUT2D eigenvalue weighted by molar-refractivity contribution is 6.30. The molecule has 4 rings (SSSR count). The van der Waals surface area contributed by atoms with E-state index in [1.165, 1.54) is 0 Å². The zero-order chi connectivity index (χ0) is 23.8. The van der Waals surface area contributed by atoms with E-state index in [0.29, 0.717) is 18.2 Å². The van der Waals surface area contributed by atoms with Gasteiger partial charge < -0.3 is 19.7 Å². The Morgan fingerprint density at radius 2 is 1.68 bits per heavy atom. The second-order valence-corrected chi connectivity index (χ2v) is 8.85. The van der Waals surface area contributed by atoms with E-state index >= 15 is 0 Å². The number of hydrogen-bond acceptors (Lipinski definition) is 4. The van der Waals surface area contributed by atoms with Crippen molar-refractivity contribution in [3.8, 4) is 11.5 Å². The molecule has 1 amide bonds. The molecule has 1 N–H and O–H groups in total. The number of nitrogens with zero attached hydrogens (tertiary/aromatic N) is 1. The summed E-state index contributed by atoms with van der Waals surface area (Å²) in [6.45, 7) is 2.54. The Morgan fingerprint density at radius 1 is 1.00 bits per heavy atom. The van der Waals surface area contributed by atoms with Crippen molar-refractivity contribution in [2.75, 3.05) is 33.4 Å². The van der Waals surface area contributed by atoms with Gasteiger partial charge in [-0.05, 0) is 61.8 Å². The van der Waals surface area contributed by atoms with Crippen LogP contribution in [0.25, 0.3) is 0 Å². The van der Waals surface area contributed by atoms with Gasteiger partial charge in [-0.25, -0.2) is 0 Å². The summed E-state index contributed by atoms with van der Waals surface area (Å²) < 4.78 is 11.7. The molecular weight excluding hydrogens is 448 g/mol. The Morgan fingerprint density at radius 3 is 2.38 bits per heavy atom.